The zero-order valence-electron chi connectivity index (χ0n) is 8.32. The smallest absolute Gasteiger partial charge is 0.235 e. The van der Waals surface area contributed by atoms with Crippen LogP contribution in [0.1, 0.15) is 29.5 Å². The van der Waals surface area contributed by atoms with Crippen LogP contribution in [-0.2, 0) is 28.3 Å². The third-order valence-corrected chi connectivity index (χ3v) is 3.24. The molecule has 3 nitrogen and oxygen atoms in total. The standard InChI is InChI=1S/C12H11NO2/c14-8-13-12(3-4-12)11-2-1-9-6-15-7-10(9)5-11/h1-2,5H,3-4,6-7H2. The van der Waals surface area contributed by atoms with Crippen molar-refractivity contribution in [2.24, 2.45) is 4.99 Å². The Balaban J connectivity index is 2.03. The molecule has 3 rings (SSSR count). The highest BCUT2D eigenvalue weighted by Gasteiger charge is 2.45. The Morgan fingerprint density at radius 3 is 2.80 bits per heavy atom. The van der Waals surface area contributed by atoms with Gasteiger partial charge in [-0.1, -0.05) is 18.2 Å². The van der Waals surface area contributed by atoms with Gasteiger partial charge in [0.2, 0.25) is 6.08 Å². The van der Waals surface area contributed by atoms with Crippen molar-refractivity contribution in [1.29, 1.82) is 0 Å². The fraction of sp³-hybridized carbons (Fsp3) is 0.417. The maximum atomic E-state index is 10.4. The lowest BCUT2D eigenvalue weighted by atomic mass is 10.00. The summed E-state index contributed by atoms with van der Waals surface area (Å²) in [4.78, 5) is 14.3. The van der Waals surface area contributed by atoms with Crippen LogP contribution < -0.4 is 0 Å². The van der Waals surface area contributed by atoms with Gasteiger partial charge >= 0.3 is 0 Å². The second kappa shape index (κ2) is 3.02. The van der Waals surface area contributed by atoms with E-state index < -0.39 is 0 Å². The Labute approximate surface area is 87.8 Å². The Morgan fingerprint density at radius 2 is 2.07 bits per heavy atom. The van der Waals surface area contributed by atoms with Crippen LogP contribution >= 0.6 is 0 Å². The summed E-state index contributed by atoms with van der Waals surface area (Å²) in [6.07, 6.45) is 3.60. The van der Waals surface area contributed by atoms with E-state index in [9.17, 15) is 4.79 Å². The van der Waals surface area contributed by atoms with Gasteiger partial charge in [0, 0.05) is 0 Å². The van der Waals surface area contributed by atoms with Gasteiger partial charge in [-0.05, 0) is 29.5 Å². The molecule has 0 N–H and O–H groups in total. The topological polar surface area (TPSA) is 38.7 Å². The number of isocyanates is 1. The van der Waals surface area contributed by atoms with Gasteiger partial charge in [-0.3, -0.25) is 0 Å². The second-order valence-corrected chi connectivity index (χ2v) is 4.21. The van der Waals surface area contributed by atoms with Gasteiger partial charge in [0.1, 0.15) is 0 Å². The summed E-state index contributed by atoms with van der Waals surface area (Å²) >= 11 is 0. The first-order chi connectivity index (χ1) is 7.34. The first kappa shape index (κ1) is 8.84. The monoisotopic (exact) mass is 201 g/mol. The lowest BCUT2D eigenvalue weighted by Gasteiger charge is -2.09. The van der Waals surface area contributed by atoms with Crippen molar-refractivity contribution in [3.05, 3.63) is 34.9 Å². The molecule has 1 aromatic rings. The molecule has 76 valence electrons. The Bertz CT molecular complexity index is 457. The molecule has 0 amide bonds. The van der Waals surface area contributed by atoms with E-state index in [2.05, 4.69) is 23.2 Å². The summed E-state index contributed by atoms with van der Waals surface area (Å²) in [6, 6.07) is 6.26. The number of aliphatic imine (C=N–C) groups is 1. The van der Waals surface area contributed by atoms with Gasteiger partial charge in [-0.15, -0.1) is 0 Å². The molecule has 1 fully saturated rings. The molecule has 0 unspecified atom stereocenters. The number of benzene rings is 1. The molecule has 0 radical (unpaired) electrons. The molecule has 0 saturated heterocycles. The Kier molecular flexibility index (Phi) is 1.78. The van der Waals surface area contributed by atoms with Gasteiger partial charge in [-0.25, -0.2) is 4.79 Å². The third-order valence-electron chi connectivity index (χ3n) is 3.24. The molecule has 1 saturated carbocycles. The molecule has 0 aromatic heterocycles. The lowest BCUT2D eigenvalue weighted by molar-refractivity contribution is 0.134. The van der Waals surface area contributed by atoms with Crippen molar-refractivity contribution in [2.45, 2.75) is 31.6 Å². The Hall–Kier alpha value is -1.44. The van der Waals surface area contributed by atoms with E-state index in [1.54, 1.807) is 6.08 Å². The number of rotatable bonds is 2. The fourth-order valence-corrected chi connectivity index (χ4v) is 2.13. The van der Waals surface area contributed by atoms with Crippen LogP contribution in [0.25, 0.3) is 0 Å². The third kappa shape index (κ3) is 1.32. The SMILES string of the molecule is O=C=NC1(c2ccc3c(c2)COC3)CC1. The summed E-state index contributed by atoms with van der Waals surface area (Å²) in [5.41, 5.74) is 3.37. The molecule has 1 aromatic carbocycles. The molecule has 15 heavy (non-hydrogen) atoms. The van der Waals surface area contributed by atoms with Crippen molar-refractivity contribution in [3.8, 4) is 0 Å². The highest BCUT2D eigenvalue weighted by molar-refractivity contribution is 5.44. The first-order valence-electron chi connectivity index (χ1n) is 5.13. The van der Waals surface area contributed by atoms with E-state index in [1.807, 2.05) is 0 Å². The molecule has 2 aliphatic rings. The highest BCUT2D eigenvalue weighted by atomic mass is 16.5. The van der Waals surface area contributed by atoms with Gasteiger partial charge < -0.3 is 4.74 Å². The molecule has 0 atom stereocenters. The zero-order chi connectivity index (χ0) is 10.3. The van der Waals surface area contributed by atoms with Gasteiger partial charge in [0.15, 0.2) is 0 Å². The number of fused-ring (bicyclic) bond motifs is 1. The van der Waals surface area contributed by atoms with E-state index in [0.717, 1.165) is 18.4 Å². The molecule has 0 spiro atoms. The maximum Gasteiger partial charge on any atom is 0.235 e. The van der Waals surface area contributed by atoms with Crippen LogP contribution in [0.5, 0.6) is 0 Å². The van der Waals surface area contributed by atoms with E-state index >= 15 is 0 Å². The quantitative estimate of drug-likeness (QED) is 0.542. The summed E-state index contributed by atoms with van der Waals surface area (Å²) in [7, 11) is 0. The minimum Gasteiger partial charge on any atom is -0.372 e. The van der Waals surface area contributed by atoms with Crippen molar-refractivity contribution >= 4 is 6.08 Å². The average Bonchev–Trinajstić information content (AvgIpc) is 2.89. The Morgan fingerprint density at radius 1 is 1.27 bits per heavy atom. The van der Waals surface area contributed by atoms with E-state index in [0.29, 0.717) is 13.2 Å². The van der Waals surface area contributed by atoms with Crippen LogP contribution in [0.15, 0.2) is 23.2 Å². The molecule has 3 heteroatoms. The predicted octanol–water partition coefficient (Wildman–Crippen LogP) is 2.04. The predicted molar refractivity (Wildman–Crippen MR) is 54.0 cm³/mol. The van der Waals surface area contributed by atoms with Crippen LogP contribution in [0.3, 0.4) is 0 Å². The molecule has 1 aliphatic carbocycles. The summed E-state index contributed by atoms with van der Waals surface area (Å²) in [5, 5.41) is 0. The number of hydrogen-bond acceptors (Lipinski definition) is 3. The average molecular weight is 201 g/mol. The van der Waals surface area contributed by atoms with Gasteiger partial charge in [0.05, 0.1) is 18.8 Å². The lowest BCUT2D eigenvalue weighted by Crippen LogP contribution is -2.03. The van der Waals surface area contributed by atoms with Crippen molar-refractivity contribution in [2.75, 3.05) is 0 Å². The van der Waals surface area contributed by atoms with Crippen molar-refractivity contribution < 1.29 is 9.53 Å². The summed E-state index contributed by atoms with van der Waals surface area (Å²) in [5.74, 6) is 0. The van der Waals surface area contributed by atoms with Crippen molar-refractivity contribution in [1.82, 2.24) is 0 Å². The number of nitrogens with zero attached hydrogens (tertiary/aromatic N) is 1. The largest absolute Gasteiger partial charge is 0.372 e. The maximum absolute atomic E-state index is 10.4. The van der Waals surface area contributed by atoms with Crippen LogP contribution in [-0.4, -0.2) is 6.08 Å². The summed E-state index contributed by atoms with van der Waals surface area (Å²) < 4.78 is 5.35. The van der Waals surface area contributed by atoms with Crippen LogP contribution in [0.4, 0.5) is 0 Å². The number of carbonyl (C=O) groups excluding carboxylic acids is 1. The van der Waals surface area contributed by atoms with Gasteiger partial charge in [0.25, 0.3) is 0 Å². The number of hydrogen-bond donors (Lipinski definition) is 0. The summed E-state index contributed by atoms with van der Waals surface area (Å²) in [6.45, 7) is 1.39. The number of ether oxygens (including phenoxy) is 1. The molecule has 0 bridgehead atoms. The minimum absolute atomic E-state index is 0.251. The first-order valence-corrected chi connectivity index (χ1v) is 5.13. The molecular weight excluding hydrogens is 190 g/mol. The molecule has 1 heterocycles. The van der Waals surface area contributed by atoms with E-state index in [4.69, 9.17) is 4.74 Å². The minimum atomic E-state index is -0.251. The van der Waals surface area contributed by atoms with Crippen molar-refractivity contribution in [3.63, 3.8) is 0 Å². The highest BCUT2D eigenvalue weighted by Crippen LogP contribution is 2.49. The van der Waals surface area contributed by atoms with E-state index in [-0.39, 0.29) is 5.54 Å². The second-order valence-electron chi connectivity index (χ2n) is 4.21. The fourth-order valence-electron chi connectivity index (χ4n) is 2.13. The van der Waals surface area contributed by atoms with Crippen LogP contribution in [0.2, 0.25) is 0 Å². The van der Waals surface area contributed by atoms with E-state index in [1.165, 1.54) is 11.1 Å². The molecular formula is C12H11NO2. The van der Waals surface area contributed by atoms with Crippen LogP contribution in [0, 0.1) is 0 Å². The molecule has 1 aliphatic heterocycles. The normalized spacial score (nSPS) is 20.5. The zero-order valence-corrected chi connectivity index (χ0v) is 8.32. The van der Waals surface area contributed by atoms with Gasteiger partial charge in [-0.2, -0.15) is 4.99 Å².